The number of nitrogens with two attached hydrogens (primary N) is 1. The first-order chi connectivity index (χ1) is 8.70. The SMILES string of the molecule is NNC(=O)C(Cn1cc(Cl)cn1)c1ccccc1. The Morgan fingerprint density at radius 2 is 2.17 bits per heavy atom. The van der Waals surface area contributed by atoms with Gasteiger partial charge in [0, 0.05) is 6.20 Å². The summed E-state index contributed by atoms with van der Waals surface area (Å²) in [6.45, 7) is 0.389. The van der Waals surface area contributed by atoms with Crippen LogP contribution in [0.1, 0.15) is 11.5 Å². The first-order valence-electron chi connectivity index (χ1n) is 5.44. The number of rotatable bonds is 4. The highest BCUT2D eigenvalue weighted by atomic mass is 35.5. The topological polar surface area (TPSA) is 72.9 Å². The molecule has 5 nitrogen and oxygen atoms in total. The summed E-state index contributed by atoms with van der Waals surface area (Å²) in [5, 5.41) is 4.60. The van der Waals surface area contributed by atoms with Crippen LogP contribution in [0.25, 0.3) is 0 Å². The minimum atomic E-state index is -0.396. The second-order valence-corrected chi connectivity index (χ2v) is 4.29. The van der Waals surface area contributed by atoms with E-state index in [1.165, 1.54) is 6.20 Å². The molecule has 94 valence electrons. The Morgan fingerprint density at radius 1 is 1.44 bits per heavy atom. The predicted octanol–water partition coefficient (Wildman–Crippen LogP) is 1.31. The lowest BCUT2D eigenvalue weighted by atomic mass is 9.98. The number of amides is 1. The fourth-order valence-corrected chi connectivity index (χ4v) is 1.91. The van der Waals surface area contributed by atoms with Gasteiger partial charge >= 0.3 is 0 Å². The Kier molecular flexibility index (Phi) is 3.96. The molecule has 18 heavy (non-hydrogen) atoms. The van der Waals surface area contributed by atoms with Crippen LogP contribution in [0, 0.1) is 0 Å². The van der Waals surface area contributed by atoms with E-state index in [1.54, 1.807) is 10.9 Å². The first-order valence-corrected chi connectivity index (χ1v) is 5.82. The smallest absolute Gasteiger partial charge is 0.243 e. The lowest BCUT2D eigenvalue weighted by Crippen LogP contribution is -2.36. The van der Waals surface area contributed by atoms with Crippen molar-refractivity contribution in [3.8, 4) is 0 Å². The zero-order chi connectivity index (χ0) is 13.0. The minimum Gasteiger partial charge on any atom is -0.294 e. The molecule has 0 aliphatic heterocycles. The van der Waals surface area contributed by atoms with Crippen molar-refractivity contribution in [2.45, 2.75) is 12.5 Å². The van der Waals surface area contributed by atoms with Crippen LogP contribution in [-0.4, -0.2) is 15.7 Å². The summed E-state index contributed by atoms with van der Waals surface area (Å²) in [6.07, 6.45) is 3.20. The van der Waals surface area contributed by atoms with E-state index in [-0.39, 0.29) is 5.91 Å². The van der Waals surface area contributed by atoms with E-state index in [0.29, 0.717) is 11.6 Å². The van der Waals surface area contributed by atoms with Gasteiger partial charge in [-0.15, -0.1) is 0 Å². The number of nitrogens with one attached hydrogen (secondary N) is 1. The number of carbonyl (C=O) groups excluding carboxylic acids is 1. The van der Waals surface area contributed by atoms with Crippen LogP contribution in [0.3, 0.4) is 0 Å². The molecule has 6 heteroatoms. The molecule has 1 aromatic heterocycles. The minimum absolute atomic E-state index is 0.257. The fraction of sp³-hybridized carbons (Fsp3) is 0.167. The van der Waals surface area contributed by atoms with Crippen molar-refractivity contribution in [1.82, 2.24) is 15.2 Å². The third-order valence-corrected chi connectivity index (χ3v) is 2.83. The molecule has 1 unspecified atom stereocenters. The van der Waals surface area contributed by atoms with Crippen LogP contribution in [0.2, 0.25) is 5.02 Å². The van der Waals surface area contributed by atoms with E-state index in [9.17, 15) is 4.79 Å². The molecule has 0 aliphatic carbocycles. The quantitative estimate of drug-likeness (QED) is 0.497. The normalized spacial score (nSPS) is 12.1. The van der Waals surface area contributed by atoms with Gasteiger partial charge in [0.05, 0.1) is 23.7 Å². The average Bonchev–Trinajstić information content (AvgIpc) is 2.82. The van der Waals surface area contributed by atoms with Gasteiger partial charge in [0.15, 0.2) is 0 Å². The molecule has 0 aliphatic rings. The van der Waals surface area contributed by atoms with Gasteiger partial charge in [-0.3, -0.25) is 14.9 Å². The van der Waals surface area contributed by atoms with Crippen molar-refractivity contribution in [1.29, 1.82) is 0 Å². The van der Waals surface area contributed by atoms with Gasteiger partial charge in [0.2, 0.25) is 5.91 Å². The first kappa shape index (κ1) is 12.6. The highest BCUT2D eigenvalue weighted by Crippen LogP contribution is 2.18. The molecule has 0 radical (unpaired) electrons. The van der Waals surface area contributed by atoms with Gasteiger partial charge in [-0.2, -0.15) is 5.10 Å². The lowest BCUT2D eigenvalue weighted by molar-refractivity contribution is -0.123. The van der Waals surface area contributed by atoms with E-state index in [1.807, 2.05) is 30.3 Å². The van der Waals surface area contributed by atoms with Gasteiger partial charge in [-0.05, 0) is 5.56 Å². The summed E-state index contributed by atoms with van der Waals surface area (Å²) in [4.78, 5) is 11.8. The summed E-state index contributed by atoms with van der Waals surface area (Å²) >= 11 is 5.79. The zero-order valence-electron chi connectivity index (χ0n) is 9.58. The van der Waals surface area contributed by atoms with Gasteiger partial charge in [-0.1, -0.05) is 41.9 Å². The van der Waals surface area contributed by atoms with Gasteiger partial charge in [0.25, 0.3) is 0 Å². The van der Waals surface area contributed by atoms with Crippen LogP contribution >= 0.6 is 11.6 Å². The number of halogens is 1. The molecule has 0 fully saturated rings. The van der Waals surface area contributed by atoms with Crippen molar-refractivity contribution >= 4 is 17.5 Å². The zero-order valence-corrected chi connectivity index (χ0v) is 10.3. The average molecular weight is 265 g/mol. The molecule has 0 saturated heterocycles. The fourth-order valence-electron chi connectivity index (χ4n) is 1.75. The van der Waals surface area contributed by atoms with E-state index in [0.717, 1.165) is 5.56 Å². The van der Waals surface area contributed by atoms with Gasteiger partial charge in [-0.25, -0.2) is 5.84 Å². The molecule has 1 atom stereocenters. The molecule has 1 heterocycles. The number of hydrazine groups is 1. The van der Waals surface area contributed by atoms with Crippen LogP contribution in [0.15, 0.2) is 42.7 Å². The largest absolute Gasteiger partial charge is 0.294 e. The molecule has 0 saturated carbocycles. The summed E-state index contributed by atoms with van der Waals surface area (Å²) in [5.74, 6) is 4.56. The summed E-state index contributed by atoms with van der Waals surface area (Å²) in [6, 6.07) is 9.41. The highest BCUT2D eigenvalue weighted by Gasteiger charge is 2.20. The molecule has 1 aromatic carbocycles. The summed E-state index contributed by atoms with van der Waals surface area (Å²) in [7, 11) is 0. The van der Waals surface area contributed by atoms with E-state index < -0.39 is 5.92 Å². The standard InChI is InChI=1S/C12H13ClN4O/c13-10-6-15-17(7-10)8-11(12(18)16-14)9-4-2-1-3-5-9/h1-7,11H,8,14H2,(H,16,18). The molecule has 1 amide bonds. The van der Waals surface area contributed by atoms with Crippen molar-refractivity contribution in [3.63, 3.8) is 0 Å². The molecule has 2 rings (SSSR count). The number of hydrogen-bond donors (Lipinski definition) is 2. The maximum absolute atomic E-state index is 11.8. The van der Waals surface area contributed by atoms with Crippen molar-refractivity contribution in [2.75, 3.05) is 0 Å². The highest BCUT2D eigenvalue weighted by molar-refractivity contribution is 6.30. The van der Waals surface area contributed by atoms with Crippen molar-refractivity contribution in [2.24, 2.45) is 5.84 Å². The van der Waals surface area contributed by atoms with Crippen LogP contribution < -0.4 is 11.3 Å². The summed E-state index contributed by atoms with van der Waals surface area (Å²) in [5.41, 5.74) is 3.06. The van der Waals surface area contributed by atoms with Crippen LogP contribution in [-0.2, 0) is 11.3 Å². The molecule has 3 N–H and O–H groups in total. The number of benzene rings is 1. The van der Waals surface area contributed by atoms with E-state index in [4.69, 9.17) is 17.4 Å². The third kappa shape index (κ3) is 2.88. The maximum Gasteiger partial charge on any atom is 0.243 e. The monoisotopic (exact) mass is 264 g/mol. The molecular weight excluding hydrogens is 252 g/mol. The van der Waals surface area contributed by atoms with Crippen molar-refractivity contribution < 1.29 is 4.79 Å². The Morgan fingerprint density at radius 3 is 2.72 bits per heavy atom. The number of nitrogens with zero attached hydrogens (tertiary/aromatic N) is 2. The van der Waals surface area contributed by atoms with Gasteiger partial charge in [0.1, 0.15) is 0 Å². The Labute approximate surface area is 110 Å². The van der Waals surface area contributed by atoms with Crippen LogP contribution in [0.5, 0.6) is 0 Å². The number of aromatic nitrogens is 2. The second kappa shape index (κ2) is 5.66. The maximum atomic E-state index is 11.8. The van der Waals surface area contributed by atoms with Gasteiger partial charge < -0.3 is 0 Å². The summed E-state index contributed by atoms with van der Waals surface area (Å²) < 4.78 is 1.62. The molecule has 0 spiro atoms. The number of hydrogen-bond acceptors (Lipinski definition) is 3. The molecule has 2 aromatic rings. The second-order valence-electron chi connectivity index (χ2n) is 3.85. The van der Waals surface area contributed by atoms with Crippen LogP contribution in [0.4, 0.5) is 0 Å². The Bertz CT molecular complexity index is 526. The van der Waals surface area contributed by atoms with E-state index in [2.05, 4.69) is 10.5 Å². The number of carbonyl (C=O) groups is 1. The predicted molar refractivity (Wildman–Crippen MR) is 68.8 cm³/mol. The lowest BCUT2D eigenvalue weighted by Gasteiger charge is -2.15. The molecular formula is C12H13ClN4O. The van der Waals surface area contributed by atoms with Crippen molar-refractivity contribution in [3.05, 3.63) is 53.3 Å². The third-order valence-electron chi connectivity index (χ3n) is 2.63. The Balaban J connectivity index is 2.24. The van der Waals surface area contributed by atoms with E-state index >= 15 is 0 Å². The Hall–Kier alpha value is -1.85. The molecule has 0 bridgehead atoms.